The summed E-state index contributed by atoms with van der Waals surface area (Å²) in [5.74, 6) is 6.47. The van der Waals surface area contributed by atoms with E-state index in [0.29, 0.717) is 42.5 Å². The first-order chi connectivity index (χ1) is 13.4. The molecule has 0 amide bonds. The molecule has 2 aliphatic heterocycles. The summed E-state index contributed by atoms with van der Waals surface area (Å²) in [6.07, 6.45) is 1.27. The Morgan fingerprint density at radius 2 is 2.18 bits per heavy atom. The molecule has 2 aliphatic rings. The van der Waals surface area contributed by atoms with Gasteiger partial charge in [0.2, 0.25) is 5.82 Å². The van der Waals surface area contributed by atoms with Crippen LogP contribution < -0.4 is 4.90 Å². The molecule has 3 heterocycles. The van der Waals surface area contributed by atoms with Crippen molar-refractivity contribution in [1.82, 2.24) is 4.98 Å². The minimum Gasteiger partial charge on any atom is -0.386 e. The Hall–Kier alpha value is -3.11. The van der Waals surface area contributed by atoms with E-state index in [4.69, 9.17) is 16.4 Å². The highest BCUT2D eigenvalue weighted by atomic mass is 35.5. The SMILES string of the molecule is Cc1ccc([N+](=O)[O-])c(N2CCC3(CC(C#Cc4cccc(Cl)c4)=NO3)C2)n1. The Balaban J connectivity index is 1.49. The number of nitrogens with zero attached hydrogens (tertiary/aromatic N) is 4. The second kappa shape index (κ2) is 7.13. The molecule has 142 valence electrons. The third-order valence-corrected chi connectivity index (χ3v) is 5.06. The molecule has 2 aromatic rings. The van der Waals surface area contributed by atoms with E-state index in [1.165, 1.54) is 6.07 Å². The monoisotopic (exact) mass is 396 g/mol. The van der Waals surface area contributed by atoms with E-state index in [2.05, 4.69) is 22.0 Å². The van der Waals surface area contributed by atoms with E-state index in [9.17, 15) is 10.1 Å². The molecule has 1 spiro atoms. The highest BCUT2D eigenvalue weighted by molar-refractivity contribution is 6.30. The van der Waals surface area contributed by atoms with Crippen LogP contribution in [0.2, 0.25) is 5.02 Å². The van der Waals surface area contributed by atoms with Crippen LogP contribution in [0.25, 0.3) is 0 Å². The molecule has 1 unspecified atom stereocenters. The number of pyridine rings is 1. The summed E-state index contributed by atoms with van der Waals surface area (Å²) in [4.78, 5) is 23.0. The van der Waals surface area contributed by atoms with E-state index in [0.717, 1.165) is 11.3 Å². The van der Waals surface area contributed by atoms with Gasteiger partial charge in [-0.2, -0.15) is 0 Å². The largest absolute Gasteiger partial charge is 0.386 e. The lowest BCUT2D eigenvalue weighted by atomic mass is 9.96. The minimum absolute atomic E-state index is 0.00235. The van der Waals surface area contributed by atoms with Gasteiger partial charge in [-0.3, -0.25) is 10.1 Å². The van der Waals surface area contributed by atoms with Crippen LogP contribution in [0.1, 0.15) is 24.1 Å². The summed E-state index contributed by atoms with van der Waals surface area (Å²) < 4.78 is 0. The predicted octanol–water partition coefficient (Wildman–Crippen LogP) is 3.73. The van der Waals surface area contributed by atoms with Gasteiger partial charge in [0, 0.05) is 41.7 Å². The van der Waals surface area contributed by atoms with Crippen molar-refractivity contribution in [2.75, 3.05) is 18.0 Å². The van der Waals surface area contributed by atoms with E-state index in [1.807, 2.05) is 24.0 Å². The fraction of sp³-hybridized carbons (Fsp3) is 0.300. The molecule has 7 nitrogen and oxygen atoms in total. The number of anilines is 1. The second-order valence-electron chi connectivity index (χ2n) is 6.97. The summed E-state index contributed by atoms with van der Waals surface area (Å²) in [7, 11) is 0. The third kappa shape index (κ3) is 3.64. The first-order valence-electron chi connectivity index (χ1n) is 8.84. The number of benzene rings is 1. The number of aryl methyl sites for hydroxylation is 1. The number of hydrogen-bond donors (Lipinski definition) is 0. The van der Waals surface area contributed by atoms with Crippen molar-refractivity contribution < 1.29 is 9.76 Å². The van der Waals surface area contributed by atoms with Gasteiger partial charge in [0.25, 0.3) is 0 Å². The fourth-order valence-electron chi connectivity index (χ4n) is 3.45. The average molecular weight is 397 g/mol. The Morgan fingerprint density at radius 1 is 1.32 bits per heavy atom. The fourth-order valence-corrected chi connectivity index (χ4v) is 3.64. The zero-order valence-electron chi connectivity index (χ0n) is 15.2. The lowest BCUT2D eigenvalue weighted by molar-refractivity contribution is -0.384. The summed E-state index contributed by atoms with van der Waals surface area (Å²) >= 11 is 5.98. The van der Waals surface area contributed by atoms with Gasteiger partial charge in [-0.15, -0.1) is 0 Å². The van der Waals surface area contributed by atoms with Gasteiger partial charge in [0.1, 0.15) is 5.71 Å². The van der Waals surface area contributed by atoms with Gasteiger partial charge >= 0.3 is 5.69 Å². The smallest absolute Gasteiger partial charge is 0.311 e. The summed E-state index contributed by atoms with van der Waals surface area (Å²) in [5, 5.41) is 16.1. The van der Waals surface area contributed by atoms with Gasteiger partial charge in [-0.1, -0.05) is 28.7 Å². The Morgan fingerprint density at radius 3 is 2.96 bits per heavy atom. The molecular formula is C20H17ClN4O3. The third-order valence-electron chi connectivity index (χ3n) is 4.82. The van der Waals surface area contributed by atoms with E-state index >= 15 is 0 Å². The van der Waals surface area contributed by atoms with Crippen LogP contribution in [-0.4, -0.2) is 34.3 Å². The quantitative estimate of drug-likeness (QED) is 0.439. The maximum Gasteiger partial charge on any atom is 0.311 e. The van der Waals surface area contributed by atoms with E-state index in [1.54, 1.807) is 18.2 Å². The number of halogens is 1. The Bertz CT molecular complexity index is 1040. The average Bonchev–Trinajstić information content (AvgIpc) is 3.27. The zero-order valence-corrected chi connectivity index (χ0v) is 15.9. The number of aromatic nitrogens is 1. The number of oxime groups is 1. The van der Waals surface area contributed by atoms with Gasteiger partial charge < -0.3 is 9.74 Å². The molecular weight excluding hydrogens is 380 g/mol. The predicted molar refractivity (Wildman–Crippen MR) is 107 cm³/mol. The first kappa shape index (κ1) is 18.3. The molecule has 1 saturated heterocycles. The number of nitro groups is 1. The van der Waals surface area contributed by atoms with Crippen LogP contribution in [0, 0.1) is 28.9 Å². The van der Waals surface area contributed by atoms with Crippen LogP contribution in [0.3, 0.4) is 0 Å². The van der Waals surface area contributed by atoms with Crippen molar-refractivity contribution in [3.05, 3.63) is 62.8 Å². The van der Waals surface area contributed by atoms with E-state index < -0.39 is 10.5 Å². The molecule has 4 rings (SSSR count). The van der Waals surface area contributed by atoms with Crippen LogP contribution in [-0.2, 0) is 4.84 Å². The standard InChI is InChI=1S/C20H17ClN4O3/c1-14-5-8-18(25(26)27)19(22-14)24-10-9-20(13-24)12-17(23-28-20)7-6-15-3-2-4-16(21)11-15/h2-5,8,11H,9-10,12-13H2,1H3. The molecule has 0 N–H and O–H groups in total. The molecule has 8 heteroatoms. The van der Waals surface area contributed by atoms with Gasteiger partial charge in [-0.25, -0.2) is 4.98 Å². The molecule has 1 aromatic heterocycles. The molecule has 0 saturated carbocycles. The minimum atomic E-state index is -0.516. The first-order valence-corrected chi connectivity index (χ1v) is 9.22. The van der Waals surface area contributed by atoms with Crippen LogP contribution in [0.4, 0.5) is 11.5 Å². The van der Waals surface area contributed by atoms with Crippen LogP contribution in [0.15, 0.2) is 41.6 Å². The van der Waals surface area contributed by atoms with Gasteiger partial charge in [0.05, 0.1) is 11.5 Å². The Kier molecular flexibility index (Phi) is 4.65. The summed E-state index contributed by atoms with van der Waals surface area (Å²) in [5.41, 5.74) is 1.69. The maximum atomic E-state index is 11.4. The lowest BCUT2D eigenvalue weighted by Crippen LogP contribution is -2.34. The number of rotatable bonds is 2. The lowest BCUT2D eigenvalue weighted by Gasteiger charge is -2.22. The molecule has 1 atom stereocenters. The Labute approximate surface area is 167 Å². The molecule has 0 aliphatic carbocycles. The molecule has 28 heavy (non-hydrogen) atoms. The molecule has 1 fully saturated rings. The summed E-state index contributed by atoms with van der Waals surface area (Å²) in [6.45, 7) is 2.91. The van der Waals surface area contributed by atoms with Crippen molar-refractivity contribution in [2.24, 2.45) is 5.16 Å². The maximum absolute atomic E-state index is 11.4. The summed E-state index contributed by atoms with van der Waals surface area (Å²) in [6, 6.07) is 10.5. The van der Waals surface area contributed by atoms with Crippen molar-refractivity contribution >= 4 is 28.8 Å². The van der Waals surface area contributed by atoms with Gasteiger partial charge in [0.15, 0.2) is 5.60 Å². The highest BCUT2D eigenvalue weighted by Crippen LogP contribution is 2.38. The molecule has 0 bridgehead atoms. The highest BCUT2D eigenvalue weighted by Gasteiger charge is 2.46. The van der Waals surface area contributed by atoms with Crippen molar-refractivity contribution in [2.45, 2.75) is 25.4 Å². The van der Waals surface area contributed by atoms with Crippen LogP contribution in [0.5, 0.6) is 0 Å². The van der Waals surface area contributed by atoms with Crippen molar-refractivity contribution in [3.8, 4) is 11.8 Å². The topological polar surface area (TPSA) is 80.9 Å². The van der Waals surface area contributed by atoms with Crippen LogP contribution >= 0.6 is 11.6 Å². The molecule has 1 aromatic carbocycles. The zero-order chi connectivity index (χ0) is 19.7. The van der Waals surface area contributed by atoms with Gasteiger partial charge in [-0.05, 0) is 37.1 Å². The normalized spacial score (nSPS) is 20.5. The van der Waals surface area contributed by atoms with Crippen molar-refractivity contribution in [1.29, 1.82) is 0 Å². The van der Waals surface area contributed by atoms with Crippen molar-refractivity contribution in [3.63, 3.8) is 0 Å². The second-order valence-corrected chi connectivity index (χ2v) is 7.41. The number of hydrogen-bond acceptors (Lipinski definition) is 6. The van der Waals surface area contributed by atoms with E-state index in [-0.39, 0.29) is 5.69 Å². The molecule has 0 radical (unpaired) electrons.